The molecular weight excluding hydrogens is 479 g/mol. The lowest BCUT2D eigenvalue weighted by Gasteiger charge is -2.27. The lowest BCUT2D eigenvalue weighted by molar-refractivity contribution is -0.119. The maximum Gasteiger partial charge on any atom is 0.226 e. The Morgan fingerprint density at radius 1 is 1.14 bits per heavy atom. The van der Waals surface area contributed by atoms with E-state index in [0.717, 1.165) is 50.7 Å². The average Bonchev–Trinajstić information content (AvgIpc) is 3.43. The first-order chi connectivity index (χ1) is 13.7. The van der Waals surface area contributed by atoms with Crippen LogP contribution in [0.5, 0.6) is 0 Å². The number of ether oxygens (including phenoxy) is 1. The summed E-state index contributed by atoms with van der Waals surface area (Å²) in [5.74, 6) is 2.59. The maximum absolute atomic E-state index is 12.1. The molecule has 4 aliphatic rings. The van der Waals surface area contributed by atoms with Gasteiger partial charge >= 0.3 is 0 Å². The van der Waals surface area contributed by atoms with Gasteiger partial charge in [0.2, 0.25) is 5.91 Å². The predicted molar refractivity (Wildman–Crippen MR) is 125 cm³/mol. The summed E-state index contributed by atoms with van der Waals surface area (Å²) in [6.45, 7) is 3.70. The van der Waals surface area contributed by atoms with Crippen molar-refractivity contribution in [1.82, 2.24) is 10.2 Å². The summed E-state index contributed by atoms with van der Waals surface area (Å²) in [5, 5.41) is 3.53. The largest absolute Gasteiger partial charge is 0.374 e. The fourth-order valence-electron chi connectivity index (χ4n) is 5.52. The Kier molecular flexibility index (Phi) is 6.34. The van der Waals surface area contributed by atoms with Crippen molar-refractivity contribution in [3.63, 3.8) is 0 Å². The molecule has 1 amide bonds. The molecule has 1 N–H and O–H groups in total. The second-order valence-corrected chi connectivity index (χ2v) is 8.59. The SMILES string of the molecule is CN=C(NCc1ccc(N2CCCCC2=O)cc1)N1CC2C3CCC(O3)C2C1.I. The zero-order chi connectivity index (χ0) is 19.1. The minimum atomic E-state index is 0. The molecule has 2 bridgehead atoms. The van der Waals surface area contributed by atoms with Crippen molar-refractivity contribution in [3.05, 3.63) is 29.8 Å². The van der Waals surface area contributed by atoms with Crippen molar-refractivity contribution in [2.75, 3.05) is 31.6 Å². The minimum absolute atomic E-state index is 0. The van der Waals surface area contributed by atoms with Crippen LogP contribution in [-0.4, -0.2) is 55.7 Å². The summed E-state index contributed by atoms with van der Waals surface area (Å²) in [6.07, 6.45) is 6.20. The molecule has 7 heteroatoms. The molecule has 5 rings (SSSR count). The van der Waals surface area contributed by atoms with E-state index in [1.807, 2.05) is 11.9 Å². The molecule has 0 spiro atoms. The van der Waals surface area contributed by atoms with Gasteiger partial charge in [0.05, 0.1) is 12.2 Å². The van der Waals surface area contributed by atoms with E-state index in [2.05, 4.69) is 39.5 Å². The van der Waals surface area contributed by atoms with Gasteiger partial charge in [-0.25, -0.2) is 0 Å². The van der Waals surface area contributed by atoms with E-state index in [9.17, 15) is 4.79 Å². The number of piperidine rings is 1. The summed E-state index contributed by atoms with van der Waals surface area (Å²) in [7, 11) is 1.87. The molecule has 29 heavy (non-hydrogen) atoms. The number of amides is 1. The van der Waals surface area contributed by atoms with Gasteiger partial charge in [-0.2, -0.15) is 0 Å². The van der Waals surface area contributed by atoms with Crippen molar-refractivity contribution < 1.29 is 9.53 Å². The number of hydrogen-bond donors (Lipinski definition) is 1. The molecule has 4 atom stereocenters. The number of aliphatic imine (C=N–C) groups is 1. The zero-order valence-electron chi connectivity index (χ0n) is 17.0. The molecule has 0 radical (unpaired) electrons. The summed E-state index contributed by atoms with van der Waals surface area (Å²) in [5.41, 5.74) is 2.22. The molecule has 0 aliphatic carbocycles. The van der Waals surface area contributed by atoms with Crippen LogP contribution >= 0.6 is 24.0 Å². The number of likely N-dealkylation sites (tertiary alicyclic amines) is 1. The zero-order valence-corrected chi connectivity index (χ0v) is 19.4. The number of hydrogen-bond acceptors (Lipinski definition) is 3. The number of nitrogens with zero attached hydrogens (tertiary/aromatic N) is 3. The number of nitrogens with one attached hydrogen (secondary N) is 1. The standard InChI is InChI=1S/C22H30N4O2.HI/c1-23-22(25-13-17-18(14-25)20-10-9-19(17)28-20)24-12-15-5-7-16(8-6-15)26-11-3-2-4-21(26)27;/h5-8,17-20H,2-4,9-14H2,1H3,(H,23,24);1H. The van der Waals surface area contributed by atoms with Crippen LogP contribution in [0.3, 0.4) is 0 Å². The minimum Gasteiger partial charge on any atom is -0.374 e. The van der Waals surface area contributed by atoms with Crippen molar-refractivity contribution in [2.24, 2.45) is 16.8 Å². The van der Waals surface area contributed by atoms with E-state index in [1.165, 1.54) is 18.4 Å². The molecule has 4 saturated heterocycles. The highest BCUT2D eigenvalue weighted by Crippen LogP contribution is 2.47. The quantitative estimate of drug-likeness (QED) is 0.386. The van der Waals surface area contributed by atoms with Gasteiger partial charge in [-0.1, -0.05) is 12.1 Å². The van der Waals surface area contributed by atoms with Crippen LogP contribution in [0.15, 0.2) is 29.3 Å². The van der Waals surface area contributed by atoms with Gasteiger partial charge in [-0.3, -0.25) is 9.79 Å². The van der Waals surface area contributed by atoms with Crippen molar-refractivity contribution >= 4 is 41.5 Å². The van der Waals surface area contributed by atoms with Crippen LogP contribution in [0, 0.1) is 11.8 Å². The Balaban J connectivity index is 0.00000205. The molecule has 4 unspecified atom stereocenters. The summed E-state index contributed by atoms with van der Waals surface area (Å²) in [6, 6.07) is 8.37. The van der Waals surface area contributed by atoms with Gasteiger partial charge in [0.25, 0.3) is 0 Å². The topological polar surface area (TPSA) is 57.2 Å². The Morgan fingerprint density at radius 2 is 1.83 bits per heavy atom. The van der Waals surface area contributed by atoms with E-state index >= 15 is 0 Å². The number of halogens is 1. The second-order valence-electron chi connectivity index (χ2n) is 8.59. The smallest absolute Gasteiger partial charge is 0.226 e. The van der Waals surface area contributed by atoms with E-state index in [0.29, 0.717) is 30.5 Å². The third kappa shape index (κ3) is 4.00. The van der Waals surface area contributed by atoms with Crippen molar-refractivity contribution in [3.8, 4) is 0 Å². The van der Waals surface area contributed by atoms with E-state index in [1.54, 1.807) is 0 Å². The molecule has 158 valence electrons. The number of fused-ring (bicyclic) bond motifs is 5. The highest BCUT2D eigenvalue weighted by molar-refractivity contribution is 14.0. The Morgan fingerprint density at radius 3 is 2.45 bits per heavy atom. The fraction of sp³-hybridized carbons (Fsp3) is 0.636. The average molecular weight is 510 g/mol. The van der Waals surface area contributed by atoms with Gasteiger partial charge in [0.1, 0.15) is 0 Å². The lowest BCUT2D eigenvalue weighted by atomic mass is 9.82. The third-order valence-corrected chi connectivity index (χ3v) is 6.99. The molecule has 4 fully saturated rings. The van der Waals surface area contributed by atoms with E-state index in [4.69, 9.17) is 4.74 Å². The summed E-state index contributed by atoms with van der Waals surface area (Å²) in [4.78, 5) is 20.9. The van der Waals surface area contributed by atoms with Crippen LogP contribution in [-0.2, 0) is 16.1 Å². The molecule has 4 heterocycles. The number of guanidine groups is 1. The number of anilines is 1. The Hall–Kier alpha value is -1.35. The Labute approximate surface area is 190 Å². The van der Waals surface area contributed by atoms with Gasteiger partial charge in [0, 0.05) is 57.2 Å². The molecule has 0 saturated carbocycles. The number of carbonyl (C=O) groups excluding carboxylic acids is 1. The van der Waals surface area contributed by atoms with Crippen LogP contribution in [0.2, 0.25) is 0 Å². The molecule has 4 aliphatic heterocycles. The molecule has 1 aromatic rings. The number of benzene rings is 1. The highest BCUT2D eigenvalue weighted by atomic mass is 127. The van der Waals surface area contributed by atoms with Gasteiger partial charge < -0.3 is 19.9 Å². The van der Waals surface area contributed by atoms with Crippen LogP contribution in [0.1, 0.15) is 37.7 Å². The molecular formula is C22H31IN4O2. The van der Waals surface area contributed by atoms with E-state index < -0.39 is 0 Å². The fourth-order valence-corrected chi connectivity index (χ4v) is 5.52. The van der Waals surface area contributed by atoms with Gasteiger partial charge in [-0.15, -0.1) is 24.0 Å². The van der Waals surface area contributed by atoms with Crippen molar-refractivity contribution in [2.45, 2.75) is 50.9 Å². The first-order valence-corrected chi connectivity index (χ1v) is 10.7. The summed E-state index contributed by atoms with van der Waals surface area (Å²) >= 11 is 0. The Bertz CT molecular complexity index is 751. The molecule has 0 aromatic heterocycles. The van der Waals surface area contributed by atoms with E-state index in [-0.39, 0.29) is 29.9 Å². The predicted octanol–water partition coefficient (Wildman–Crippen LogP) is 3.01. The summed E-state index contributed by atoms with van der Waals surface area (Å²) < 4.78 is 6.08. The number of carbonyl (C=O) groups is 1. The monoisotopic (exact) mass is 510 g/mol. The highest BCUT2D eigenvalue weighted by Gasteiger charge is 2.53. The van der Waals surface area contributed by atoms with Crippen molar-refractivity contribution in [1.29, 1.82) is 0 Å². The molecule has 1 aromatic carbocycles. The second kappa shape index (κ2) is 8.79. The normalized spacial score (nSPS) is 31.1. The van der Waals surface area contributed by atoms with Crippen LogP contribution < -0.4 is 10.2 Å². The van der Waals surface area contributed by atoms with Gasteiger partial charge in [-0.05, 0) is 43.4 Å². The third-order valence-electron chi connectivity index (χ3n) is 6.99. The lowest BCUT2D eigenvalue weighted by Crippen LogP contribution is -2.41. The first-order valence-electron chi connectivity index (χ1n) is 10.7. The van der Waals surface area contributed by atoms with Gasteiger partial charge in [0.15, 0.2) is 5.96 Å². The van der Waals surface area contributed by atoms with Crippen LogP contribution in [0.4, 0.5) is 5.69 Å². The van der Waals surface area contributed by atoms with Crippen LogP contribution in [0.25, 0.3) is 0 Å². The number of rotatable bonds is 3. The molecule has 6 nitrogen and oxygen atoms in total. The maximum atomic E-state index is 12.1. The first kappa shape index (κ1) is 20.9.